The van der Waals surface area contributed by atoms with Gasteiger partial charge in [0.25, 0.3) is 0 Å². The van der Waals surface area contributed by atoms with E-state index < -0.39 is 17.9 Å². The van der Waals surface area contributed by atoms with E-state index in [1.165, 1.54) is 4.90 Å². The predicted octanol–water partition coefficient (Wildman–Crippen LogP) is -0.552. The Labute approximate surface area is 89.7 Å². The van der Waals surface area contributed by atoms with Crippen LogP contribution in [0.15, 0.2) is 0 Å². The molecule has 0 bridgehead atoms. The van der Waals surface area contributed by atoms with Gasteiger partial charge in [-0.2, -0.15) is 0 Å². The van der Waals surface area contributed by atoms with E-state index in [1.54, 1.807) is 11.8 Å². The van der Waals surface area contributed by atoms with Crippen molar-refractivity contribution in [3.05, 3.63) is 0 Å². The molecule has 2 amide bonds. The Balaban J connectivity index is 2.69. The van der Waals surface area contributed by atoms with Crippen LogP contribution >= 0.6 is 0 Å². The Morgan fingerprint density at radius 1 is 1.27 bits per heavy atom. The van der Waals surface area contributed by atoms with Gasteiger partial charge in [0.2, 0.25) is 0 Å². The number of rotatable bonds is 3. The second-order valence-corrected chi connectivity index (χ2v) is 3.84. The molecule has 15 heavy (non-hydrogen) atoms. The molecule has 1 fully saturated rings. The molecule has 5 heteroatoms. The van der Waals surface area contributed by atoms with Crippen LogP contribution in [0.1, 0.15) is 20.3 Å². The van der Waals surface area contributed by atoms with E-state index in [-0.39, 0.29) is 6.54 Å². The highest BCUT2D eigenvalue weighted by atomic mass is 16.3. The number of aliphatic hydroxyl groups excluding tert-OH is 1. The maximum Gasteiger partial charge on any atom is 0.312 e. The van der Waals surface area contributed by atoms with Gasteiger partial charge in [-0.3, -0.25) is 9.59 Å². The lowest BCUT2D eigenvalue weighted by Crippen LogP contribution is -2.44. The van der Waals surface area contributed by atoms with Gasteiger partial charge in [0.05, 0.1) is 6.10 Å². The smallest absolute Gasteiger partial charge is 0.312 e. The van der Waals surface area contributed by atoms with Crippen molar-refractivity contribution in [2.45, 2.75) is 26.4 Å². The lowest BCUT2D eigenvalue weighted by Gasteiger charge is -2.21. The fraction of sp³-hybridized carbons (Fsp3) is 0.800. The summed E-state index contributed by atoms with van der Waals surface area (Å²) in [5.41, 5.74) is 0. The van der Waals surface area contributed by atoms with Gasteiger partial charge in [-0.05, 0) is 20.3 Å². The Hall–Kier alpha value is -1.10. The molecule has 5 nitrogen and oxygen atoms in total. The van der Waals surface area contributed by atoms with Crippen molar-refractivity contribution < 1.29 is 14.7 Å². The molecular weight excluding hydrogens is 196 g/mol. The summed E-state index contributed by atoms with van der Waals surface area (Å²) in [7, 11) is 0. The first-order valence-electron chi connectivity index (χ1n) is 5.32. The van der Waals surface area contributed by atoms with Gasteiger partial charge < -0.3 is 14.9 Å². The van der Waals surface area contributed by atoms with Gasteiger partial charge in [-0.25, -0.2) is 0 Å². The summed E-state index contributed by atoms with van der Waals surface area (Å²) in [4.78, 5) is 26.3. The maximum absolute atomic E-state index is 11.7. The van der Waals surface area contributed by atoms with Crippen LogP contribution < -0.4 is 0 Å². The quantitative estimate of drug-likeness (QED) is 0.641. The van der Waals surface area contributed by atoms with Gasteiger partial charge >= 0.3 is 11.8 Å². The van der Waals surface area contributed by atoms with Crippen LogP contribution in [0, 0.1) is 0 Å². The molecule has 0 spiro atoms. The van der Waals surface area contributed by atoms with E-state index >= 15 is 0 Å². The van der Waals surface area contributed by atoms with Gasteiger partial charge in [-0.15, -0.1) is 0 Å². The molecule has 0 radical (unpaired) electrons. The molecule has 1 N–H and O–H groups in total. The molecule has 0 aromatic carbocycles. The number of carbonyl (C=O) groups is 2. The van der Waals surface area contributed by atoms with Crippen molar-refractivity contribution in [3.8, 4) is 0 Å². The van der Waals surface area contributed by atoms with E-state index in [9.17, 15) is 14.7 Å². The monoisotopic (exact) mass is 214 g/mol. The zero-order valence-corrected chi connectivity index (χ0v) is 9.27. The number of hydrogen-bond acceptors (Lipinski definition) is 3. The van der Waals surface area contributed by atoms with Gasteiger partial charge in [0, 0.05) is 26.2 Å². The van der Waals surface area contributed by atoms with Crippen molar-refractivity contribution in [1.82, 2.24) is 9.80 Å². The molecule has 1 heterocycles. The van der Waals surface area contributed by atoms with Crippen molar-refractivity contribution in [3.63, 3.8) is 0 Å². The Morgan fingerprint density at radius 3 is 2.33 bits per heavy atom. The summed E-state index contributed by atoms with van der Waals surface area (Å²) in [6.45, 7) is 5.44. The lowest BCUT2D eigenvalue weighted by molar-refractivity contribution is -0.150. The molecule has 86 valence electrons. The summed E-state index contributed by atoms with van der Waals surface area (Å²) in [6.07, 6.45) is 0.188. The van der Waals surface area contributed by atoms with Crippen LogP contribution in [0.25, 0.3) is 0 Å². The molecule has 1 saturated heterocycles. The van der Waals surface area contributed by atoms with E-state index in [0.29, 0.717) is 19.6 Å². The van der Waals surface area contributed by atoms with Crippen molar-refractivity contribution in [2.75, 3.05) is 26.2 Å². The first-order valence-corrected chi connectivity index (χ1v) is 5.32. The zero-order valence-electron chi connectivity index (χ0n) is 9.27. The number of β-amino-alcohol motifs (C(OH)–C–C–N with tert-alkyl or cyclic N) is 1. The number of carbonyl (C=O) groups excluding carboxylic acids is 2. The number of hydrogen-bond donors (Lipinski definition) is 1. The molecule has 1 rings (SSSR count). The summed E-state index contributed by atoms with van der Waals surface area (Å²) in [5, 5.41) is 9.20. The first kappa shape index (κ1) is 12.0. The maximum atomic E-state index is 11.7. The Bertz CT molecular complexity index is 253. The molecule has 1 atom stereocenters. The summed E-state index contributed by atoms with van der Waals surface area (Å²) < 4.78 is 0. The van der Waals surface area contributed by atoms with E-state index in [2.05, 4.69) is 0 Å². The second-order valence-electron chi connectivity index (χ2n) is 3.84. The fourth-order valence-electron chi connectivity index (χ4n) is 1.72. The number of aliphatic hydroxyl groups is 1. The highest BCUT2D eigenvalue weighted by Gasteiger charge is 2.29. The van der Waals surface area contributed by atoms with Crippen LogP contribution in [0.3, 0.4) is 0 Å². The normalized spacial score (nSPS) is 20.5. The predicted molar refractivity (Wildman–Crippen MR) is 55.1 cm³/mol. The molecule has 0 aromatic heterocycles. The number of likely N-dealkylation sites (N-methyl/N-ethyl adjacent to an activating group) is 1. The van der Waals surface area contributed by atoms with E-state index in [0.717, 1.165) is 6.42 Å². The summed E-state index contributed by atoms with van der Waals surface area (Å²) in [6, 6.07) is 0. The summed E-state index contributed by atoms with van der Waals surface area (Å²) in [5.74, 6) is -0.939. The van der Waals surface area contributed by atoms with Crippen molar-refractivity contribution >= 4 is 11.8 Å². The number of nitrogens with zero attached hydrogens (tertiary/aromatic N) is 2. The largest absolute Gasteiger partial charge is 0.392 e. The van der Waals surface area contributed by atoms with Crippen LogP contribution in [0.2, 0.25) is 0 Å². The summed E-state index contributed by atoms with van der Waals surface area (Å²) >= 11 is 0. The van der Waals surface area contributed by atoms with E-state index in [1.807, 2.05) is 6.92 Å². The molecule has 1 unspecified atom stereocenters. The minimum atomic E-state index is -0.588. The zero-order chi connectivity index (χ0) is 11.4. The van der Waals surface area contributed by atoms with Crippen LogP contribution in [-0.4, -0.2) is 59.0 Å². The third kappa shape index (κ3) is 2.92. The minimum absolute atomic E-state index is 0.238. The van der Waals surface area contributed by atoms with Crippen LogP contribution in [0.4, 0.5) is 0 Å². The Kier molecular flexibility index (Phi) is 4.08. The molecule has 0 aromatic rings. The fourth-order valence-corrected chi connectivity index (χ4v) is 1.72. The van der Waals surface area contributed by atoms with Crippen LogP contribution in [0.5, 0.6) is 0 Å². The average Bonchev–Trinajstić information content (AvgIpc) is 2.30. The SMILES string of the molecule is CCN1CCCN(CC(C)O)C(=O)C1=O. The second kappa shape index (κ2) is 5.11. The molecule has 0 saturated carbocycles. The number of amides is 2. The highest BCUT2D eigenvalue weighted by Crippen LogP contribution is 2.06. The molecule has 1 aliphatic heterocycles. The third-order valence-corrected chi connectivity index (χ3v) is 2.48. The van der Waals surface area contributed by atoms with E-state index in [4.69, 9.17) is 0 Å². The van der Waals surface area contributed by atoms with Crippen molar-refractivity contribution in [2.24, 2.45) is 0 Å². The van der Waals surface area contributed by atoms with Gasteiger partial charge in [-0.1, -0.05) is 0 Å². The van der Waals surface area contributed by atoms with Crippen LogP contribution in [-0.2, 0) is 9.59 Å². The molecular formula is C10H18N2O3. The third-order valence-electron chi connectivity index (χ3n) is 2.48. The highest BCUT2D eigenvalue weighted by molar-refractivity contribution is 6.35. The average molecular weight is 214 g/mol. The molecule has 0 aliphatic carbocycles. The standard InChI is InChI=1S/C10H18N2O3/c1-3-11-5-4-6-12(7-8(2)13)10(15)9(11)14/h8,13H,3-7H2,1-2H3. The topological polar surface area (TPSA) is 60.9 Å². The Morgan fingerprint density at radius 2 is 1.80 bits per heavy atom. The first-order chi connectivity index (χ1) is 7.06. The van der Waals surface area contributed by atoms with Gasteiger partial charge in [0.15, 0.2) is 0 Å². The lowest BCUT2D eigenvalue weighted by atomic mass is 10.3. The van der Waals surface area contributed by atoms with Crippen molar-refractivity contribution in [1.29, 1.82) is 0 Å². The molecule has 1 aliphatic rings. The minimum Gasteiger partial charge on any atom is -0.392 e. The van der Waals surface area contributed by atoms with Gasteiger partial charge in [0.1, 0.15) is 0 Å².